The fraction of sp³-hybridized carbons (Fsp3) is 0.727. The minimum absolute atomic E-state index is 0.541. The Morgan fingerprint density at radius 1 is 1.65 bits per heavy atom. The Morgan fingerprint density at radius 2 is 2.41 bits per heavy atom. The molecule has 2 heterocycles. The Labute approximate surface area is 99.6 Å². The average molecular weight is 239 g/mol. The third-order valence-electron chi connectivity index (χ3n) is 3.50. The lowest BCUT2D eigenvalue weighted by Gasteiger charge is -2.22. The first-order valence-corrected chi connectivity index (χ1v) is 5.81. The van der Waals surface area contributed by atoms with Crippen molar-refractivity contribution in [3.63, 3.8) is 0 Å². The zero-order valence-corrected chi connectivity index (χ0v) is 10.1. The molecule has 1 atom stereocenters. The number of aromatic nitrogens is 2. The van der Waals surface area contributed by atoms with Crippen LogP contribution in [-0.2, 0) is 11.3 Å². The van der Waals surface area contributed by atoms with E-state index in [9.17, 15) is 9.90 Å². The zero-order chi connectivity index (χ0) is 12.5. The van der Waals surface area contributed by atoms with Crippen molar-refractivity contribution in [3.05, 3.63) is 11.7 Å². The summed E-state index contributed by atoms with van der Waals surface area (Å²) >= 11 is 0. The van der Waals surface area contributed by atoms with Crippen LogP contribution in [0.5, 0.6) is 0 Å². The molecule has 1 aromatic heterocycles. The van der Waals surface area contributed by atoms with Gasteiger partial charge < -0.3 is 9.63 Å². The van der Waals surface area contributed by atoms with Crippen molar-refractivity contribution >= 4 is 5.97 Å². The molecule has 0 aliphatic carbocycles. The molecule has 2 rings (SSSR count). The van der Waals surface area contributed by atoms with Gasteiger partial charge >= 0.3 is 5.97 Å². The molecule has 0 bridgehead atoms. The van der Waals surface area contributed by atoms with Crippen LogP contribution < -0.4 is 0 Å². The van der Waals surface area contributed by atoms with E-state index in [0.29, 0.717) is 37.6 Å². The normalized spacial score (nSPS) is 25.3. The Hall–Kier alpha value is -1.43. The largest absolute Gasteiger partial charge is 0.481 e. The molecule has 1 N–H and O–H groups in total. The van der Waals surface area contributed by atoms with Crippen LogP contribution >= 0.6 is 0 Å². The van der Waals surface area contributed by atoms with Crippen LogP contribution in [0.15, 0.2) is 4.52 Å². The number of hydrogen-bond donors (Lipinski definition) is 1. The third-order valence-corrected chi connectivity index (χ3v) is 3.50. The molecular weight excluding hydrogens is 222 g/mol. The highest BCUT2D eigenvalue weighted by molar-refractivity contribution is 5.75. The van der Waals surface area contributed by atoms with Crippen molar-refractivity contribution in [2.45, 2.75) is 33.2 Å². The number of aryl methyl sites for hydroxylation is 1. The molecule has 17 heavy (non-hydrogen) atoms. The van der Waals surface area contributed by atoms with Crippen molar-refractivity contribution in [1.29, 1.82) is 0 Å². The summed E-state index contributed by atoms with van der Waals surface area (Å²) in [6.07, 6.45) is 1.35. The number of likely N-dealkylation sites (tertiary alicyclic amines) is 1. The maximum atomic E-state index is 11.3. The summed E-state index contributed by atoms with van der Waals surface area (Å²) in [7, 11) is 0. The molecule has 0 aromatic carbocycles. The smallest absolute Gasteiger partial charge is 0.310 e. The van der Waals surface area contributed by atoms with Crippen molar-refractivity contribution in [2.24, 2.45) is 5.41 Å². The van der Waals surface area contributed by atoms with Gasteiger partial charge in [-0.1, -0.05) is 12.1 Å². The monoisotopic (exact) mass is 239 g/mol. The van der Waals surface area contributed by atoms with Crippen LogP contribution in [0.25, 0.3) is 0 Å². The summed E-state index contributed by atoms with van der Waals surface area (Å²) in [4.78, 5) is 17.5. The summed E-state index contributed by atoms with van der Waals surface area (Å²) < 4.78 is 4.90. The first-order valence-electron chi connectivity index (χ1n) is 5.81. The van der Waals surface area contributed by atoms with E-state index in [1.807, 2.05) is 6.92 Å². The van der Waals surface area contributed by atoms with E-state index < -0.39 is 11.4 Å². The number of carboxylic acids is 1. The van der Waals surface area contributed by atoms with Gasteiger partial charge in [-0.3, -0.25) is 9.69 Å². The summed E-state index contributed by atoms with van der Waals surface area (Å²) in [6, 6.07) is 0. The number of rotatable bonds is 4. The highest BCUT2D eigenvalue weighted by Crippen LogP contribution is 2.34. The van der Waals surface area contributed by atoms with Crippen LogP contribution in [0.2, 0.25) is 0 Å². The summed E-state index contributed by atoms with van der Waals surface area (Å²) in [5, 5.41) is 13.1. The van der Waals surface area contributed by atoms with Gasteiger partial charge in [0.25, 0.3) is 0 Å². The highest BCUT2D eigenvalue weighted by Gasteiger charge is 2.43. The standard InChI is InChI=1S/C11H17N3O3/c1-3-11(10(15)16)4-5-14(7-11)6-9-12-8(2)17-13-9/h3-7H2,1-2H3,(H,15,16). The molecule has 1 aromatic rings. The lowest BCUT2D eigenvalue weighted by molar-refractivity contribution is -0.148. The number of carboxylic acid groups (broad SMARTS) is 1. The fourth-order valence-corrected chi connectivity index (χ4v) is 2.31. The predicted molar refractivity (Wildman–Crippen MR) is 59.3 cm³/mol. The quantitative estimate of drug-likeness (QED) is 0.846. The van der Waals surface area contributed by atoms with Crippen molar-refractivity contribution in [1.82, 2.24) is 15.0 Å². The van der Waals surface area contributed by atoms with Gasteiger partial charge in [0, 0.05) is 13.5 Å². The summed E-state index contributed by atoms with van der Waals surface area (Å²) in [5.74, 6) is 0.464. The van der Waals surface area contributed by atoms with E-state index in [1.165, 1.54) is 0 Å². The molecule has 94 valence electrons. The zero-order valence-electron chi connectivity index (χ0n) is 10.1. The number of hydrogen-bond acceptors (Lipinski definition) is 5. The van der Waals surface area contributed by atoms with Gasteiger partial charge in [-0.15, -0.1) is 0 Å². The van der Waals surface area contributed by atoms with Crippen molar-refractivity contribution < 1.29 is 14.4 Å². The van der Waals surface area contributed by atoms with E-state index in [-0.39, 0.29) is 0 Å². The Morgan fingerprint density at radius 3 is 2.88 bits per heavy atom. The molecule has 1 aliphatic rings. The molecule has 1 unspecified atom stereocenters. The third kappa shape index (κ3) is 2.31. The Balaban J connectivity index is 2.00. The van der Waals surface area contributed by atoms with Crippen LogP contribution in [0.3, 0.4) is 0 Å². The minimum Gasteiger partial charge on any atom is -0.481 e. The van der Waals surface area contributed by atoms with Gasteiger partial charge in [0.2, 0.25) is 5.89 Å². The topological polar surface area (TPSA) is 79.5 Å². The second-order valence-corrected chi connectivity index (χ2v) is 4.63. The lowest BCUT2D eigenvalue weighted by Crippen LogP contribution is -2.34. The molecule has 0 spiro atoms. The minimum atomic E-state index is -0.702. The van der Waals surface area contributed by atoms with Crippen LogP contribution in [0.1, 0.15) is 31.5 Å². The van der Waals surface area contributed by atoms with E-state index in [2.05, 4.69) is 15.0 Å². The predicted octanol–water partition coefficient (Wildman–Crippen LogP) is 1.06. The van der Waals surface area contributed by atoms with Gasteiger partial charge in [-0.05, 0) is 19.4 Å². The van der Waals surface area contributed by atoms with Crippen LogP contribution in [-0.4, -0.2) is 39.2 Å². The molecule has 0 saturated carbocycles. The van der Waals surface area contributed by atoms with E-state index >= 15 is 0 Å². The lowest BCUT2D eigenvalue weighted by atomic mass is 9.84. The Bertz CT molecular complexity index is 418. The van der Waals surface area contributed by atoms with E-state index in [4.69, 9.17) is 4.52 Å². The highest BCUT2D eigenvalue weighted by atomic mass is 16.5. The van der Waals surface area contributed by atoms with E-state index in [0.717, 1.165) is 6.54 Å². The molecule has 6 heteroatoms. The number of aliphatic carboxylic acids is 1. The fourth-order valence-electron chi connectivity index (χ4n) is 2.31. The molecule has 0 amide bonds. The van der Waals surface area contributed by atoms with Gasteiger partial charge in [-0.2, -0.15) is 4.98 Å². The van der Waals surface area contributed by atoms with E-state index in [1.54, 1.807) is 6.92 Å². The number of carbonyl (C=O) groups is 1. The molecule has 1 fully saturated rings. The second kappa shape index (κ2) is 4.44. The number of nitrogens with zero attached hydrogens (tertiary/aromatic N) is 3. The van der Waals surface area contributed by atoms with Crippen LogP contribution in [0.4, 0.5) is 0 Å². The SMILES string of the molecule is CCC1(C(=O)O)CCN(Cc2noc(C)n2)C1. The van der Waals surface area contributed by atoms with Gasteiger partial charge in [0.15, 0.2) is 5.82 Å². The maximum absolute atomic E-state index is 11.3. The molecule has 1 saturated heterocycles. The first kappa shape index (κ1) is 12.0. The molecular formula is C11H17N3O3. The van der Waals surface area contributed by atoms with Gasteiger partial charge in [-0.25, -0.2) is 0 Å². The van der Waals surface area contributed by atoms with Gasteiger partial charge in [0.1, 0.15) is 0 Å². The van der Waals surface area contributed by atoms with Crippen LogP contribution in [0, 0.1) is 12.3 Å². The summed E-state index contributed by atoms with van der Waals surface area (Å²) in [5.41, 5.74) is -0.598. The first-order chi connectivity index (χ1) is 8.05. The molecule has 1 aliphatic heterocycles. The molecule has 6 nitrogen and oxygen atoms in total. The molecule has 0 radical (unpaired) electrons. The maximum Gasteiger partial charge on any atom is 0.310 e. The van der Waals surface area contributed by atoms with Crippen molar-refractivity contribution in [3.8, 4) is 0 Å². The summed E-state index contributed by atoms with van der Waals surface area (Å²) in [6.45, 7) is 5.57. The second-order valence-electron chi connectivity index (χ2n) is 4.63. The van der Waals surface area contributed by atoms with Gasteiger partial charge in [0.05, 0.1) is 12.0 Å². The van der Waals surface area contributed by atoms with Crippen molar-refractivity contribution in [2.75, 3.05) is 13.1 Å². The Kier molecular flexibility index (Phi) is 3.15. The average Bonchev–Trinajstić information content (AvgIpc) is 2.87.